The minimum absolute atomic E-state index is 0.204. The topological polar surface area (TPSA) is 8.17 Å². The van der Waals surface area contributed by atoms with Crippen LogP contribution in [0.25, 0.3) is 22.0 Å². The monoisotopic (exact) mass is 372 g/mol. The van der Waals surface area contributed by atoms with Crippen LogP contribution in [0.1, 0.15) is 19.3 Å². The predicted molar refractivity (Wildman–Crippen MR) is 96.8 cm³/mol. The van der Waals surface area contributed by atoms with E-state index in [4.69, 9.17) is 0 Å². The van der Waals surface area contributed by atoms with Crippen LogP contribution in [-0.2, 0) is 0 Å². The van der Waals surface area contributed by atoms with Gasteiger partial charge in [0.15, 0.2) is 0 Å². The van der Waals surface area contributed by atoms with Gasteiger partial charge in [-0.1, -0.05) is 30.3 Å². The summed E-state index contributed by atoms with van der Waals surface area (Å²) in [5.41, 5.74) is 3.36. The maximum Gasteiger partial charge on any atom is 0.123 e. The van der Waals surface area contributed by atoms with E-state index in [2.05, 4.69) is 49.9 Å². The fourth-order valence-electron chi connectivity index (χ4n) is 3.44. The van der Waals surface area contributed by atoms with E-state index >= 15 is 0 Å². The third-order valence-corrected chi connectivity index (χ3v) is 5.27. The lowest BCUT2D eigenvalue weighted by Crippen LogP contribution is -2.39. The summed E-state index contributed by atoms with van der Waals surface area (Å²) in [4.78, 5) is 0. The summed E-state index contributed by atoms with van der Waals surface area (Å²) in [6.45, 7) is 2.14. The first-order chi connectivity index (χ1) is 11.3. The molecule has 23 heavy (non-hydrogen) atoms. The van der Waals surface area contributed by atoms with Crippen LogP contribution in [0.3, 0.4) is 0 Å². The van der Waals surface area contributed by atoms with E-state index in [1.807, 2.05) is 12.1 Å². The van der Waals surface area contributed by atoms with Crippen molar-refractivity contribution in [2.24, 2.45) is 0 Å². The number of hydrogen-bond acceptors (Lipinski definition) is 1. The van der Waals surface area contributed by atoms with E-state index in [1.165, 1.54) is 42.3 Å². The minimum Gasteiger partial charge on any atom is -0.312 e. The molecule has 3 aromatic rings. The maximum absolute atomic E-state index is 13.3. The van der Waals surface area contributed by atoms with Gasteiger partial charge >= 0.3 is 0 Å². The van der Waals surface area contributed by atoms with E-state index in [9.17, 15) is 4.39 Å². The molecule has 0 amide bonds. The molecule has 4 heteroatoms. The molecule has 1 aliphatic heterocycles. The molecule has 1 aliphatic rings. The number of rotatable bonds is 2. The molecule has 2 nitrogen and oxygen atoms in total. The third-order valence-electron chi connectivity index (χ3n) is 4.54. The number of halogens is 2. The second kappa shape index (κ2) is 6.00. The average molecular weight is 373 g/mol. The van der Waals surface area contributed by atoms with Crippen LogP contribution in [0.15, 0.2) is 53.1 Å². The molecule has 1 aromatic heterocycles. The van der Waals surface area contributed by atoms with Crippen molar-refractivity contribution in [3.05, 3.63) is 59.0 Å². The lowest BCUT2D eigenvalue weighted by Gasteiger charge is -2.31. The first kappa shape index (κ1) is 14.8. The summed E-state index contributed by atoms with van der Waals surface area (Å²) >= 11 is 3.81. The lowest BCUT2D eigenvalue weighted by atomic mass is 10.1. The minimum atomic E-state index is -0.204. The quantitative estimate of drug-likeness (QED) is 0.589. The molecule has 0 atom stereocenters. The van der Waals surface area contributed by atoms with Crippen LogP contribution in [-0.4, -0.2) is 17.8 Å². The molecule has 2 heterocycles. The molecule has 1 saturated heterocycles. The zero-order chi connectivity index (χ0) is 15.8. The Kier molecular flexibility index (Phi) is 3.85. The molecular formula is C19H18BrFN2. The Morgan fingerprint density at radius 2 is 1.57 bits per heavy atom. The Morgan fingerprint density at radius 1 is 0.870 bits per heavy atom. The van der Waals surface area contributed by atoms with Crippen LogP contribution in [0.2, 0.25) is 0 Å². The molecule has 0 radical (unpaired) electrons. The van der Waals surface area contributed by atoms with E-state index in [0.717, 1.165) is 28.8 Å². The Balaban J connectivity index is 1.94. The Hall–Kier alpha value is -1.81. The molecule has 4 rings (SSSR count). The van der Waals surface area contributed by atoms with Gasteiger partial charge in [-0.25, -0.2) is 9.07 Å². The van der Waals surface area contributed by atoms with Crippen molar-refractivity contribution in [3.8, 4) is 11.1 Å². The number of aromatic nitrogens is 1. The molecule has 118 valence electrons. The molecule has 0 spiro atoms. The number of hydrogen-bond donors (Lipinski definition) is 0. The number of fused-ring (bicyclic) bond motifs is 1. The van der Waals surface area contributed by atoms with Crippen LogP contribution < -0.4 is 5.01 Å². The maximum atomic E-state index is 13.3. The normalized spacial score (nSPS) is 15.3. The first-order valence-electron chi connectivity index (χ1n) is 8.06. The average Bonchev–Trinajstić information content (AvgIpc) is 2.88. The van der Waals surface area contributed by atoms with Crippen LogP contribution in [0, 0.1) is 5.82 Å². The van der Waals surface area contributed by atoms with Crippen molar-refractivity contribution in [2.45, 2.75) is 19.3 Å². The predicted octanol–water partition coefficient (Wildman–Crippen LogP) is 5.33. The third kappa shape index (κ3) is 2.55. The summed E-state index contributed by atoms with van der Waals surface area (Å²) in [6.07, 6.45) is 3.76. The van der Waals surface area contributed by atoms with Gasteiger partial charge in [0, 0.05) is 24.0 Å². The van der Waals surface area contributed by atoms with Crippen molar-refractivity contribution in [3.63, 3.8) is 0 Å². The molecule has 0 bridgehead atoms. The SMILES string of the molecule is Fc1ccc(-c2c(Br)n(N3CCCCC3)c3ccccc23)cc1. The Labute approximate surface area is 143 Å². The van der Waals surface area contributed by atoms with E-state index in [1.54, 1.807) is 0 Å². The highest BCUT2D eigenvalue weighted by Gasteiger charge is 2.21. The molecular weight excluding hydrogens is 355 g/mol. The van der Waals surface area contributed by atoms with Crippen LogP contribution >= 0.6 is 15.9 Å². The second-order valence-electron chi connectivity index (χ2n) is 6.02. The van der Waals surface area contributed by atoms with Gasteiger partial charge in [-0.2, -0.15) is 0 Å². The smallest absolute Gasteiger partial charge is 0.123 e. The van der Waals surface area contributed by atoms with Gasteiger partial charge in [0.2, 0.25) is 0 Å². The van der Waals surface area contributed by atoms with Gasteiger partial charge in [0.25, 0.3) is 0 Å². The van der Waals surface area contributed by atoms with Gasteiger partial charge in [-0.3, -0.25) is 0 Å². The second-order valence-corrected chi connectivity index (χ2v) is 6.77. The molecule has 1 fully saturated rings. The zero-order valence-corrected chi connectivity index (χ0v) is 14.4. The summed E-state index contributed by atoms with van der Waals surface area (Å²) in [5.74, 6) is -0.204. The van der Waals surface area contributed by atoms with E-state index in [-0.39, 0.29) is 5.82 Å². The van der Waals surface area contributed by atoms with Gasteiger partial charge in [0.05, 0.1) is 5.52 Å². The van der Waals surface area contributed by atoms with Crippen molar-refractivity contribution < 1.29 is 4.39 Å². The summed E-state index contributed by atoms with van der Waals surface area (Å²) < 4.78 is 16.6. The highest BCUT2D eigenvalue weighted by Crippen LogP contribution is 2.38. The number of nitrogens with zero attached hydrogens (tertiary/aromatic N) is 2. The summed E-state index contributed by atoms with van der Waals surface area (Å²) in [5, 5.41) is 3.60. The van der Waals surface area contributed by atoms with Gasteiger partial charge < -0.3 is 5.01 Å². The fourth-order valence-corrected chi connectivity index (χ4v) is 4.30. The van der Waals surface area contributed by atoms with Crippen molar-refractivity contribution in [1.82, 2.24) is 4.68 Å². The molecule has 0 unspecified atom stereocenters. The van der Waals surface area contributed by atoms with E-state index in [0.29, 0.717) is 0 Å². The van der Waals surface area contributed by atoms with Crippen molar-refractivity contribution >= 4 is 26.8 Å². The van der Waals surface area contributed by atoms with Crippen molar-refractivity contribution in [1.29, 1.82) is 0 Å². The summed E-state index contributed by atoms with van der Waals surface area (Å²) in [7, 11) is 0. The highest BCUT2D eigenvalue weighted by molar-refractivity contribution is 9.10. The molecule has 2 aromatic carbocycles. The lowest BCUT2D eigenvalue weighted by molar-refractivity contribution is 0.483. The largest absolute Gasteiger partial charge is 0.312 e. The molecule has 0 N–H and O–H groups in total. The van der Waals surface area contributed by atoms with Gasteiger partial charge in [-0.15, -0.1) is 0 Å². The number of benzene rings is 2. The number of piperidine rings is 1. The standard InChI is InChI=1S/C19H18BrFN2/c20-19-18(14-8-10-15(21)11-9-14)16-6-2-3-7-17(16)23(19)22-12-4-1-5-13-22/h2-3,6-11H,1,4-5,12-13H2. The fraction of sp³-hybridized carbons (Fsp3) is 0.263. The zero-order valence-electron chi connectivity index (χ0n) is 12.8. The molecule has 0 saturated carbocycles. The Morgan fingerprint density at radius 3 is 2.30 bits per heavy atom. The van der Waals surface area contributed by atoms with Crippen LogP contribution in [0.5, 0.6) is 0 Å². The Bertz CT molecular complexity index is 832. The highest BCUT2D eigenvalue weighted by atomic mass is 79.9. The van der Waals surface area contributed by atoms with E-state index < -0.39 is 0 Å². The van der Waals surface area contributed by atoms with Crippen LogP contribution in [0.4, 0.5) is 4.39 Å². The van der Waals surface area contributed by atoms with Crippen molar-refractivity contribution in [2.75, 3.05) is 18.1 Å². The summed E-state index contributed by atoms with van der Waals surface area (Å²) in [6, 6.07) is 15.2. The molecule has 0 aliphatic carbocycles. The van der Waals surface area contributed by atoms with Gasteiger partial charge in [0.1, 0.15) is 10.4 Å². The number of para-hydroxylation sites is 1. The van der Waals surface area contributed by atoms with Gasteiger partial charge in [-0.05, 0) is 59.0 Å². The first-order valence-corrected chi connectivity index (χ1v) is 8.85.